The van der Waals surface area contributed by atoms with Crippen LogP contribution < -0.4 is 4.90 Å². The number of anilines is 1. The first-order valence-corrected chi connectivity index (χ1v) is 11.5. The average Bonchev–Trinajstić information content (AvgIpc) is 3.50. The molecule has 0 bridgehead atoms. The summed E-state index contributed by atoms with van der Waals surface area (Å²) in [6.07, 6.45) is 0. The van der Waals surface area contributed by atoms with Crippen molar-refractivity contribution >= 4 is 39.1 Å². The van der Waals surface area contributed by atoms with Gasteiger partial charge in [-0.1, -0.05) is 56.3 Å². The summed E-state index contributed by atoms with van der Waals surface area (Å²) in [5, 5.41) is 13.9. The standard InChI is InChI=1S/C26H22N2O4S/c1-14(2)16-8-10-17(11-9-16)22-21(23(29)20-12-18-6-4-5-7-19(18)32-20)24(30)25(31)28(22)26-27-15(3)13-33-26/h4-14,22,30H,1-3H3. The van der Waals surface area contributed by atoms with Gasteiger partial charge in [-0.3, -0.25) is 14.5 Å². The first kappa shape index (κ1) is 21.2. The number of hydrogen-bond acceptors (Lipinski definition) is 6. The Balaban J connectivity index is 1.64. The molecule has 3 heterocycles. The monoisotopic (exact) mass is 458 g/mol. The van der Waals surface area contributed by atoms with Gasteiger partial charge in [-0.25, -0.2) is 4.98 Å². The lowest BCUT2D eigenvalue weighted by Gasteiger charge is -2.24. The van der Waals surface area contributed by atoms with Crippen molar-refractivity contribution in [3.8, 4) is 0 Å². The predicted molar refractivity (Wildman–Crippen MR) is 128 cm³/mol. The molecule has 0 spiro atoms. The van der Waals surface area contributed by atoms with Gasteiger partial charge in [0.1, 0.15) is 5.58 Å². The van der Waals surface area contributed by atoms with Crippen molar-refractivity contribution in [1.82, 2.24) is 4.98 Å². The van der Waals surface area contributed by atoms with E-state index in [1.54, 1.807) is 12.1 Å². The van der Waals surface area contributed by atoms with Gasteiger partial charge >= 0.3 is 0 Å². The molecule has 7 heteroatoms. The molecule has 4 aromatic rings. The van der Waals surface area contributed by atoms with Gasteiger partial charge in [-0.05, 0) is 36.1 Å². The topological polar surface area (TPSA) is 83.6 Å². The molecular formula is C26H22N2O4S. The van der Waals surface area contributed by atoms with Gasteiger partial charge in [0.05, 0.1) is 17.3 Å². The minimum atomic E-state index is -0.815. The highest BCUT2D eigenvalue weighted by Crippen LogP contribution is 2.43. The highest BCUT2D eigenvalue weighted by molar-refractivity contribution is 7.14. The van der Waals surface area contributed by atoms with Gasteiger partial charge in [0.25, 0.3) is 5.91 Å². The second-order valence-electron chi connectivity index (χ2n) is 8.41. The van der Waals surface area contributed by atoms with Crippen LogP contribution in [-0.2, 0) is 4.79 Å². The molecule has 2 aromatic carbocycles. The van der Waals surface area contributed by atoms with Gasteiger partial charge < -0.3 is 9.52 Å². The molecule has 0 saturated heterocycles. The highest BCUT2D eigenvalue weighted by atomic mass is 32.1. The molecule has 1 amide bonds. The van der Waals surface area contributed by atoms with E-state index in [1.165, 1.54) is 16.2 Å². The van der Waals surface area contributed by atoms with Crippen molar-refractivity contribution in [2.45, 2.75) is 32.7 Å². The summed E-state index contributed by atoms with van der Waals surface area (Å²) < 4.78 is 5.77. The number of nitrogens with zero attached hydrogens (tertiary/aromatic N) is 2. The minimum absolute atomic E-state index is 0.00999. The van der Waals surface area contributed by atoms with Gasteiger partial charge in [0.15, 0.2) is 16.7 Å². The van der Waals surface area contributed by atoms with E-state index >= 15 is 0 Å². The number of carbonyl (C=O) groups excluding carboxylic acids is 2. The first-order valence-electron chi connectivity index (χ1n) is 10.7. The zero-order valence-corrected chi connectivity index (χ0v) is 19.2. The third-order valence-corrected chi connectivity index (χ3v) is 6.79. The maximum Gasteiger partial charge on any atom is 0.296 e. The number of aliphatic hydroxyl groups excluding tert-OH is 1. The Bertz CT molecular complexity index is 1380. The van der Waals surface area contributed by atoms with E-state index in [0.29, 0.717) is 22.2 Å². The van der Waals surface area contributed by atoms with Crippen LogP contribution in [0.1, 0.15) is 53.2 Å². The molecule has 0 saturated carbocycles. The van der Waals surface area contributed by atoms with E-state index in [9.17, 15) is 14.7 Å². The Morgan fingerprint density at radius 1 is 1.15 bits per heavy atom. The van der Waals surface area contributed by atoms with Crippen molar-refractivity contribution in [3.63, 3.8) is 0 Å². The third-order valence-electron chi connectivity index (χ3n) is 5.83. The Hall–Kier alpha value is -3.71. The molecule has 166 valence electrons. The van der Waals surface area contributed by atoms with Crippen molar-refractivity contribution < 1.29 is 19.1 Å². The number of rotatable bonds is 5. The van der Waals surface area contributed by atoms with E-state index in [4.69, 9.17) is 4.42 Å². The molecule has 1 N–H and O–H groups in total. The molecule has 5 rings (SSSR count). The molecule has 1 aliphatic heterocycles. The van der Waals surface area contributed by atoms with Crippen LogP contribution in [0.3, 0.4) is 0 Å². The Morgan fingerprint density at radius 3 is 2.52 bits per heavy atom. The molecule has 6 nitrogen and oxygen atoms in total. The smallest absolute Gasteiger partial charge is 0.296 e. The van der Waals surface area contributed by atoms with Crippen LogP contribution in [0.25, 0.3) is 11.0 Å². The first-order chi connectivity index (χ1) is 15.8. The number of aliphatic hydroxyl groups is 1. The largest absolute Gasteiger partial charge is 0.503 e. The normalized spacial score (nSPS) is 16.4. The molecular weight excluding hydrogens is 436 g/mol. The maximum absolute atomic E-state index is 13.6. The summed E-state index contributed by atoms with van der Waals surface area (Å²) in [6, 6.07) is 15.9. The van der Waals surface area contributed by atoms with E-state index < -0.39 is 23.5 Å². The Kier molecular flexibility index (Phi) is 5.13. The number of Topliss-reactive ketones (excluding diaryl/α,β-unsaturated/α-hetero) is 1. The van der Waals surface area contributed by atoms with Crippen LogP contribution in [0.2, 0.25) is 0 Å². The van der Waals surface area contributed by atoms with E-state index in [-0.39, 0.29) is 11.3 Å². The molecule has 33 heavy (non-hydrogen) atoms. The zero-order valence-electron chi connectivity index (χ0n) is 18.4. The number of fused-ring (bicyclic) bond motifs is 1. The van der Waals surface area contributed by atoms with Crippen LogP contribution in [0.4, 0.5) is 5.13 Å². The number of aryl methyl sites for hydroxylation is 1. The minimum Gasteiger partial charge on any atom is -0.503 e. The Labute approximate surface area is 194 Å². The molecule has 2 aromatic heterocycles. The fourth-order valence-electron chi connectivity index (χ4n) is 4.09. The summed E-state index contributed by atoms with van der Waals surface area (Å²) in [5.41, 5.74) is 3.16. The molecule has 1 atom stereocenters. The van der Waals surface area contributed by atoms with E-state index in [0.717, 1.165) is 16.6 Å². The fraction of sp³-hybridized carbons (Fsp3) is 0.192. The van der Waals surface area contributed by atoms with Gasteiger partial charge in [0.2, 0.25) is 5.78 Å². The van der Waals surface area contributed by atoms with Gasteiger partial charge in [0, 0.05) is 10.8 Å². The van der Waals surface area contributed by atoms with Crippen molar-refractivity contribution in [3.05, 3.63) is 93.9 Å². The van der Waals surface area contributed by atoms with Crippen LogP contribution in [-0.4, -0.2) is 21.8 Å². The third kappa shape index (κ3) is 3.54. The molecule has 0 radical (unpaired) electrons. The Morgan fingerprint density at radius 2 is 1.88 bits per heavy atom. The van der Waals surface area contributed by atoms with Gasteiger partial charge in [-0.2, -0.15) is 0 Å². The molecule has 1 unspecified atom stereocenters. The quantitative estimate of drug-likeness (QED) is 0.365. The number of ketones is 1. The van der Waals surface area contributed by atoms with Crippen LogP contribution in [0.5, 0.6) is 0 Å². The predicted octanol–water partition coefficient (Wildman–Crippen LogP) is 6.10. The maximum atomic E-state index is 13.6. The van der Waals surface area contributed by atoms with Crippen molar-refractivity contribution in [2.75, 3.05) is 4.90 Å². The van der Waals surface area contributed by atoms with Crippen LogP contribution >= 0.6 is 11.3 Å². The van der Waals surface area contributed by atoms with Gasteiger partial charge in [-0.15, -0.1) is 11.3 Å². The highest BCUT2D eigenvalue weighted by Gasteiger charge is 2.46. The zero-order chi connectivity index (χ0) is 23.3. The lowest BCUT2D eigenvalue weighted by atomic mass is 9.93. The number of amides is 1. The lowest BCUT2D eigenvalue weighted by Crippen LogP contribution is -2.31. The number of para-hydroxylation sites is 1. The second kappa shape index (κ2) is 8.01. The number of aromatic nitrogens is 1. The number of carbonyl (C=O) groups is 2. The fourth-order valence-corrected chi connectivity index (χ4v) is 4.92. The summed E-state index contributed by atoms with van der Waals surface area (Å²) in [5.74, 6) is -1.34. The summed E-state index contributed by atoms with van der Waals surface area (Å²) in [6.45, 7) is 6.03. The van der Waals surface area contributed by atoms with E-state index in [1.807, 2.05) is 54.8 Å². The number of thiazole rings is 1. The summed E-state index contributed by atoms with van der Waals surface area (Å²) in [4.78, 5) is 32.6. The van der Waals surface area contributed by atoms with E-state index in [2.05, 4.69) is 18.8 Å². The number of benzene rings is 2. The summed E-state index contributed by atoms with van der Waals surface area (Å²) in [7, 11) is 0. The summed E-state index contributed by atoms with van der Waals surface area (Å²) >= 11 is 1.29. The number of hydrogen-bond donors (Lipinski definition) is 1. The lowest BCUT2D eigenvalue weighted by molar-refractivity contribution is -0.117. The molecule has 1 aliphatic rings. The average molecular weight is 459 g/mol. The van der Waals surface area contributed by atoms with Crippen LogP contribution in [0.15, 0.2) is 75.7 Å². The van der Waals surface area contributed by atoms with Crippen LogP contribution in [0, 0.1) is 6.92 Å². The SMILES string of the molecule is Cc1csc(N2C(=O)C(O)=C(C(=O)c3cc4ccccc4o3)C2c2ccc(C(C)C)cc2)n1. The number of furan rings is 1. The van der Waals surface area contributed by atoms with Crippen molar-refractivity contribution in [1.29, 1.82) is 0 Å². The molecule has 0 fully saturated rings. The molecule has 0 aliphatic carbocycles. The van der Waals surface area contributed by atoms with Crippen molar-refractivity contribution in [2.24, 2.45) is 0 Å². The second-order valence-corrected chi connectivity index (χ2v) is 9.25.